The van der Waals surface area contributed by atoms with Crippen LogP contribution in [0, 0.1) is 0 Å². The molecule has 0 aliphatic carbocycles. The summed E-state index contributed by atoms with van der Waals surface area (Å²) >= 11 is 0. The molecule has 8 heteroatoms. The number of methoxy groups -OCH3 is 1. The summed E-state index contributed by atoms with van der Waals surface area (Å²) in [4.78, 5) is 14.3. The van der Waals surface area contributed by atoms with Gasteiger partial charge in [0.2, 0.25) is 0 Å². The van der Waals surface area contributed by atoms with E-state index in [-0.39, 0.29) is 16.9 Å². The second-order valence-electron chi connectivity index (χ2n) is 6.65. The molecule has 1 N–H and O–H groups in total. The van der Waals surface area contributed by atoms with Crippen molar-refractivity contribution in [1.82, 2.24) is 4.90 Å². The predicted octanol–water partition coefficient (Wildman–Crippen LogP) is 2.75. The average Bonchev–Trinajstić information content (AvgIpc) is 3.20. The number of anilines is 1. The molecule has 28 heavy (non-hydrogen) atoms. The van der Waals surface area contributed by atoms with Crippen LogP contribution in [0.5, 0.6) is 5.75 Å². The van der Waals surface area contributed by atoms with Gasteiger partial charge in [-0.25, -0.2) is 8.42 Å². The first-order valence-corrected chi connectivity index (χ1v) is 10.5. The molecule has 1 saturated heterocycles. The van der Waals surface area contributed by atoms with Crippen molar-refractivity contribution in [2.75, 3.05) is 32.0 Å². The van der Waals surface area contributed by atoms with Crippen molar-refractivity contribution < 1.29 is 22.7 Å². The molecule has 0 spiro atoms. The van der Waals surface area contributed by atoms with Crippen molar-refractivity contribution >= 4 is 21.6 Å². The van der Waals surface area contributed by atoms with Gasteiger partial charge < -0.3 is 14.4 Å². The van der Waals surface area contributed by atoms with Gasteiger partial charge in [-0.1, -0.05) is 18.2 Å². The van der Waals surface area contributed by atoms with E-state index >= 15 is 0 Å². The summed E-state index contributed by atoms with van der Waals surface area (Å²) in [6.07, 6.45) is 1.96. The molecule has 3 rings (SSSR count). The van der Waals surface area contributed by atoms with E-state index in [9.17, 15) is 13.2 Å². The highest BCUT2D eigenvalue weighted by Gasteiger charge is 2.23. The van der Waals surface area contributed by atoms with Crippen LogP contribution in [0.25, 0.3) is 0 Å². The number of para-hydroxylation sites is 2. The Labute approximate surface area is 165 Å². The molecule has 0 saturated carbocycles. The first-order chi connectivity index (χ1) is 13.4. The zero-order valence-corrected chi connectivity index (χ0v) is 16.7. The molecule has 0 radical (unpaired) electrons. The van der Waals surface area contributed by atoms with Crippen molar-refractivity contribution in [1.29, 1.82) is 0 Å². The lowest BCUT2D eigenvalue weighted by atomic mass is 10.2. The molecule has 7 nitrogen and oxygen atoms in total. The number of hydrogen-bond acceptors (Lipinski definition) is 5. The fourth-order valence-corrected chi connectivity index (χ4v) is 4.24. The fraction of sp³-hybridized carbons (Fsp3) is 0.350. The summed E-state index contributed by atoms with van der Waals surface area (Å²) in [6, 6.07) is 12.7. The lowest BCUT2D eigenvalue weighted by molar-refractivity contribution is 0.0587. The first-order valence-electron chi connectivity index (χ1n) is 9.03. The normalized spacial score (nSPS) is 16.6. The highest BCUT2D eigenvalue weighted by Crippen LogP contribution is 2.26. The third-order valence-corrected chi connectivity index (χ3v) is 5.95. The third-order valence-electron chi connectivity index (χ3n) is 4.59. The number of benzene rings is 2. The standard InChI is InChI=1S/C20H24N2O5S/c1-22(14-16-8-6-12-27-16)20(23)15-7-5-9-17(13-15)28(24,25)21-18-10-3-4-11-19(18)26-2/h3-5,7,9-11,13,16,21H,6,8,12,14H2,1-2H3. The van der Waals surface area contributed by atoms with Crippen molar-refractivity contribution in [3.05, 3.63) is 54.1 Å². The van der Waals surface area contributed by atoms with Crippen molar-refractivity contribution in [3.8, 4) is 5.75 Å². The number of rotatable bonds is 7. The number of nitrogens with zero attached hydrogens (tertiary/aromatic N) is 1. The second-order valence-corrected chi connectivity index (χ2v) is 8.34. The predicted molar refractivity (Wildman–Crippen MR) is 106 cm³/mol. The number of amides is 1. The molecule has 0 aromatic heterocycles. The van der Waals surface area contributed by atoms with Crippen LogP contribution in [0.15, 0.2) is 53.4 Å². The Hall–Kier alpha value is -2.58. The summed E-state index contributed by atoms with van der Waals surface area (Å²) < 4.78 is 38.8. The van der Waals surface area contributed by atoms with Gasteiger partial charge in [0.05, 0.1) is 23.8 Å². The van der Waals surface area contributed by atoms with Gasteiger partial charge in [0.1, 0.15) is 5.75 Å². The van der Waals surface area contributed by atoms with Crippen LogP contribution in [0.4, 0.5) is 5.69 Å². The van der Waals surface area contributed by atoms with E-state index in [1.54, 1.807) is 48.3 Å². The fourth-order valence-electron chi connectivity index (χ4n) is 3.13. The van der Waals surface area contributed by atoms with Crippen molar-refractivity contribution in [2.24, 2.45) is 0 Å². The summed E-state index contributed by atoms with van der Waals surface area (Å²) in [5.41, 5.74) is 0.639. The monoisotopic (exact) mass is 404 g/mol. The highest BCUT2D eigenvalue weighted by molar-refractivity contribution is 7.92. The topological polar surface area (TPSA) is 84.9 Å². The highest BCUT2D eigenvalue weighted by atomic mass is 32.2. The van der Waals surface area contributed by atoms with Gasteiger partial charge in [0, 0.05) is 25.8 Å². The minimum atomic E-state index is -3.88. The number of sulfonamides is 1. The SMILES string of the molecule is COc1ccccc1NS(=O)(=O)c1cccc(C(=O)N(C)CC2CCCO2)c1. The largest absolute Gasteiger partial charge is 0.495 e. The molecular weight excluding hydrogens is 380 g/mol. The van der Waals surface area contributed by atoms with E-state index in [1.165, 1.54) is 19.2 Å². The van der Waals surface area contributed by atoms with E-state index in [0.717, 1.165) is 19.4 Å². The average molecular weight is 404 g/mol. The number of nitrogens with one attached hydrogen (secondary N) is 1. The summed E-state index contributed by atoms with van der Waals surface area (Å²) in [5.74, 6) is 0.166. The van der Waals surface area contributed by atoms with Crippen LogP contribution in [-0.4, -0.2) is 52.6 Å². The Kier molecular flexibility index (Phi) is 6.21. The van der Waals surface area contributed by atoms with Crippen molar-refractivity contribution in [3.63, 3.8) is 0 Å². The Balaban J connectivity index is 1.78. The van der Waals surface area contributed by atoms with Crippen molar-refractivity contribution in [2.45, 2.75) is 23.8 Å². The molecule has 2 aromatic rings. The van der Waals surface area contributed by atoms with E-state index in [0.29, 0.717) is 23.5 Å². The zero-order valence-electron chi connectivity index (χ0n) is 15.9. The van der Waals surface area contributed by atoms with Crippen LogP contribution in [0.3, 0.4) is 0 Å². The van der Waals surface area contributed by atoms with Crippen LogP contribution >= 0.6 is 0 Å². The van der Waals surface area contributed by atoms with Crippen LogP contribution in [0.1, 0.15) is 23.2 Å². The summed E-state index contributed by atoms with van der Waals surface area (Å²) in [6.45, 7) is 1.20. The van der Waals surface area contributed by atoms with Crippen LogP contribution in [0.2, 0.25) is 0 Å². The molecule has 2 aromatic carbocycles. The molecule has 1 fully saturated rings. The minimum Gasteiger partial charge on any atom is -0.495 e. The molecule has 1 atom stereocenters. The summed E-state index contributed by atoms with van der Waals surface area (Å²) in [5, 5.41) is 0. The van der Waals surface area contributed by atoms with E-state index in [4.69, 9.17) is 9.47 Å². The van der Waals surface area contributed by atoms with E-state index in [2.05, 4.69) is 4.72 Å². The Bertz CT molecular complexity index is 939. The molecule has 1 heterocycles. The number of likely N-dealkylation sites (N-methyl/N-ethyl adjacent to an activating group) is 1. The van der Waals surface area contributed by atoms with Gasteiger partial charge in [-0.15, -0.1) is 0 Å². The number of carbonyl (C=O) groups is 1. The maximum atomic E-state index is 12.8. The molecule has 1 amide bonds. The Morgan fingerprint density at radius 3 is 2.75 bits per heavy atom. The minimum absolute atomic E-state index is 0.00905. The number of hydrogen-bond donors (Lipinski definition) is 1. The first kappa shape index (κ1) is 20.2. The smallest absolute Gasteiger partial charge is 0.262 e. The Morgan fingerprint density at radius 1 is 1.25 bits per heavy atom. The zero-order chi connectivity index (χ0) is 20.1. The van der Waals surface area contributed by atoms with Crippen LogP contribution < -0.4 is 9.46 Å². The molecule has 1 aliphatic heterocycles. The molecular formula is C20H24N2O5S. The number of carbonyl (C=O) groups excluding carboxylic acids is 1. The van der Waals surface area contributed by atoms with Gasteiger partial charge in [-0.3, -0.25) is 9.52 Å². The molecule has 1 aliphatic rings. The lowest BCUT2D eigenvalue weighted by Crippen LogP contribution is -2.34. The number of ether oxygens (including phenoxy) is 2. The van der Waals surface area contributed by atoms with Gasteiger partial charge in [0.25, 0.3) is 15.9 Å². The molecule has 1 unspecified atom stereocenters. The van der Waals surface area contributed by atoms with Crippen LogP contribution in [-0.2, 0) is 14.8 Å². The van der Waals surface area contributed by atoms with E-state index < -0.39 is 10.0 Å². The third kappa shape index (κ3) is 4.63. The van der Waals surface area contributed by atoms with Gasteiger partial charge >= 0.3 is 0 Å². The second kappa shape index (κ2) is 8.62. The summed E-state index contributed by atoms with van der Waals surface area (Å²) in [7, 11) is -0.714. The molecule has 150 valence electrons. The lowest BCUT2D eigenvalue weighted by Gasteiger charge is -2.21. The van der Waals surface area contributed by atoms with E-state index in [1.807, 2.05) is 0 Å². The van der Waals surface area contributed by atoms with Gasteiger partial charge in [-0.05, 0) is 43.2 Å². The quantitative estimate of drug-likeness (QED) is 0.767. The van der Waals surface area contributed by atoms with Gasteiger partial charge in [0.15, 0.2) is 0 Å². The van der Waals surface area contributed by atoms with Gasteiger partial charge in [-0.2, -0.15) is 0 Å². The maximum absolute atomic E-state index is 12.8. The molecule has 0 bridgehead atoms. The maximum Gasteiger partial charge on any atom is 0.262 e. The Morgan fingerprint density at radius 2 is 2.04 bits per heavy atom.